The minimum absolute atomic E-state index is 0.159. The van der Waals surface area contributed by atoms with Crippen LogP contribution in [0.25, 0.3) is 6.08 Å². The van der Waals surface area contributed by atoms with Crippen molar-refractivity contribution in [2.75, 3.05) is 0 Å². The third kappa shape index (κ3) is 3.29. The van der Waals surface area contributed by atoms with Crippen molar-refractivity contribution in [3.8, 4) is 0 Å². The highest BCUT2D eigenvalue weighted by atomic mass is 16.4. The lowest BCUT2D eigenvalue weighted by Gasteiger charge is -2.20. The Morgan fingerprint density at radius 2 is 1.78 bits per heavy atom. The molecule has 0 saturated carbocycles. The molecular weight excluding hydrogens is 228 g/mol. The van der Waals surface area contributed by atoms with Crippen LogP contribution in [0, 0.1) is 5.41 Å². The van der Waals surface area contributed by atoms with Crippen LogP contribution >= 0.6 is 0 Å². The number of ketones is 1. The summed E-state index contributed by atoms with van der Waals surface area (Å²) in [5.74, 6) is -1.51. The molecule has 0 radical (unpaired) electrons. The summed E-state index contributed by atoms with van der Waals surface area (Å²) < 4.78 is 0. The van der Waals surface area contributed by atoms with Crippen molar-refractivity contribution in [3.63, 3.8) is 0 Å². The first kappa shape index (κ1) is 14.2. The number of carboxylic acids is 1. The summed E-state index contributed by atoms with van der Waals surface area (Å²) in [4.78, 5) is 23.4. The van der Waals surface area contributed by atoms with Crippen molar-refractivity contribution in [2.24, 2.45) is 5.41 Å². The summed E-state index contributed by atoms with van der Waals surface area (Å²) in [6, 6.07) is 9.00. The van der Waals surface area contributed by atoms with E-state index in [1.54, 1.807) is 38.1 Å². The van der Waals surface area contributed by atoms with Gasteiger partial charge in [-0.05, 0) is 18.1 Å². The average Bonchev–Trinajstić information content (AvgIpc) is 2.36. The number of carbonyl (C=O) groups is 2. The van der Waals surface area contributed by atoms with Gasteiger partial charge in [0.2, 0.25) is 0 Å². The number of hydrogen-bond donors (Lipinski definition) is 1. The Bertz CT molecular complexity index is 470. The number of hydrogen-bond acceptors (Lipinski definition) is 2. The van der Waals surface area contributed by atoms with Crippen molar-refractivity contribution in [1.29, 1.82) is 0 Å². The van der Waals surface area contributed by atoms with Crippen molar-refractivity contribution in [1.82, 2.24) is 0 Å². The highest BCUT2D eigenvalue weighted by Crippen LogP contribution is 2.26. The van der Waals surface area contributed by atoms with Crippen molar-refractivity contribution < 1.29 is 14.7 Å². The molecule has 1 aromatic rings. The van der Waals surface area contributed by atoms with Crippen LogP contribution in [0.3, 0.4) is 0 Å². The zero-order valence-corrected chi connectivity index (χ0v) is 10.9. The Morgan fingerprint density at radius 1 is 1.22 bits per heavy atom. The lowest BCUT2D eigenvalue weighted by Crippen LogP contribution is -2.28. The molecule has 3 nitrogen and oxygen atoms in total. The third-order valence-electron chi connectivity index (χ3n) is 3.08. The molecule has 0 heterocycles. The molecule has 18 heavy (non-hydrogen) atoms. The van der Waals surface area contributed by atoms with E-state index < -0.39 is 11.4 Å². The molecular formula is C15H18O3. The van der Waals surface area contributed by atoms with Gasteiger partial charge in [-0.25, -0.2) is 4.79 Å². The normalized spacial score (nSPS) is 12.3. The maximum atomic E-state index is 12.2. The number of benzene rings is 1. The highest BCUT2D eigenvalue weighted by molar-refractivity contribution is 6.21. The van der Waals surface area contributed by atoms with E-state index in [1.807, 2.05) is 13.0 Å². The van der Waals surface area contributed by atoms with Crippen LogP contribution in [-0.2, 0) is 9.59 Å². The minimum atomic E-state index is -1.18. The van der Waals surface area contributed by atoms with E-state index in [-0.39, 0.29) is 11.4 Å². The molecule has 1 aromatic carbocycles. The van der Waals surface area contributed by atoms with Gasteiger partial charge in [0.1, 0.15) is 5.57 Å². The number of aliphatic carboxylic acids is 1. The first-order chi connectivity index (χ1) is 8.38. The Hall–Kier alpha value is -1.90. The van der Waals surface area contributed by atoms with Crippen LogP contribution in [-0.4, -0.2) is 16.9 Å². The van der Waals surface area contributed by atoms with E-state index >= 15 is 0 Å². The topological polar surface area (TPSA) is 54.4 Å². The van der Waals surface area contributed by atoms with E-state index in [2.05, 4.69) is 0 Å². The molecule has 0 unspecified atom stereocenters. The van der Waals surface area contributed by atoms with Crippen LogP contribution in [0.15, 0.2) is 35.9 Å². The van der Waals surface area contributed by atoms with Crippen LogP contribution in [0.2, 0.25) is 0 Å². The monoisotopic (exact) mass is 246 g/mol. The fraction of sp³-hybridized carbons (Fsp3) is 0.333. The van der Waals surface area contributed by atoms with Gasteiger partial charge < -0.3 is 5.11 Å². The zero-order valence-electron chi connectivity index (χ0n) is 10.9. The number of carbonyl (C=O) groups excluding carboxylic acids is 1. The molecule has 0 saturated heterocycles. The molecule has 0 aromatic heterocycles. The van der Waals surface area contributed by atoms with Crippen LogP contribution in [0.5, 0.6) is 0 Å². The summed E-state index contributed by atoms with van der Waals surface area (Å²) in [5, 5.41) is 9.17. The minimum Gasteiger partial charge on any atom is -0.478 e. The number of carboxylic acid groups (broad SMARTS) is 1. The Kier molecular flexibility index (Phi) is 4.43. The predicted octanol–water partition coefficient (Wildman–Crippen LogP) is 3.16. The van der Waals surface area contributed by atoms with Gasteiger partial charge in [0.25, 0.3) is 0 Å². The first-order valence-electron chi connectivity index (χ1n) is 5.93. The number of Topliss-reactive ketones (excluding diaryl/α,β-unsaturated/α-hetero) is 1. The quantitative estimate of drug-likeness (QED) is 0.493. The van der Waals surface area contributed by atoms with Crippen molar-refractivity contribution in [3.05, 3.63) is 41.5 Å². The Morgan fingerprint density at radius 3 is 2.22 bits per heavy atom. The van der Waals surface area contributed by atoms with Gasteiger partial charge in [-0.1, -0.05) is 51.1 Å². The van der Waals surface area contributed by atoms with E-state index in [9.17, 15) is 14.7 Å². The standard InChI is InChI=1S/C15H18O3/c1-4-15(2,3)13(16)12(14(17)18)10-11-8-6-5-7-9-11/h5-10H,4H2,1-3H3,(H,17,18). The summed E-state index contributed by atoms with van der Waals surface area (Å²) in [7, 11) is 0. The molecule has 0 spiro atoms. The lowest BCUT2D eigenvalue weighted by atomic mass is 9.81. The largest absolute Gasteiger partial charge is 0.478 e. The highest BCUT2D eigenvalue weighted by Gasteiger charge is 2.31. The molecule has 0 bridgehead atoms. The Balaban J connectivity index is 3.16. The lowest BCUT2D eigenvalue weighted by molar-refractivity contribution is -0.136. The molecule has 0 aliphatic rings. The molecule has 96 valence electrons. The van der Waals surface area contributed by atoms with Gasteiger partial charge in [0.15, 0.2) is 5.78 Å². The van der Waals surface area contributed by atoms with Crippen LogP contribution < -0.4 is 0 Å². The second-order valence-corrected chi connectivity index (χ2v) is 4.84. The molecule has 0 amide bonds. The van der Waals surface area contributed by atoms with Crippen molar-refractivity contribution >= 4 is 17.8 Å². The third-order valence-corrected chi connectivity index (χ3v) is 3.08. The van der Waals surface area contributed by atoms with Crippen LogP contribution in [0.1, 0.15) is 32.8 Å². The fourth-order valence-corrected chi connectivity index (χ4v) is 1.47. The van der Waals surface area contributed by atoms with Gasteiger partial charge in [0.05, 0.1) is 0 Å². The second-order valence-electron chi connectivity index (χ2n) is 4.84. The van der Waals surface area contributed by atoms with E-state index in [0.717, 1.165) is 5.56 Å². The van der Waals surface area contributed by atoms with Gasteiger partial charge in [0, 0.05) is 5.41 Å². The second kappa shape index (κ2) is 5.63. The van der Waals surface area contributed by atoms with Crippen molar-refractivity contribution in [2.45, 2.75) is 27.2 Å². The summed E-state index contributed by atoms with van der Waals surface area (Å²) in [6.45, 7) is 5.40. The van der Waals surface area contributed by atoms with E-state index in [4.69, 9.17) is 0 Å². The van der Waals surface area contributed by atoms with Gasteiger partial charge in [-0.3, -0.25) is 4.79 Å². The first-order valence-corrected chi connectivity index (χ1v) is 5.93. The van der Waals surface area contributed by atoms with Gasteiger partial charge in [-0.15, -0.1) is 0 Å². The average molecular weight is 246 g/mol. The number of rotatable bonds is 5. The van der Waals surface area contributed by atoms with E-state index in [0.29, 0.717) is 6.42 Å². The molecule has 0 aliphatic carbocycles. The zero-order chi connectivity index (χ0) is 13.8. The summed E-state index contributed by atoms with van der Waals surface area (Å²) >= 11 is 0. The molecule has 3 heteroatoms. The Labute approximate surface area is 107 Å². The maximum absolute atomic E-state index is 12.2. The molecule has 0 fully saturated rings. The SMILES string of the molecule is CCC(C)(C)C(=O)C(=Cc1ccccc1)C(=O)O. The molecule has 0 aliphatic heterocycles. The van der Waals surface area contributed by atoms with Crippen LogP contribution in [0.4, 0.5) is 0 Å². The predicted molar refractivity (Wildman–Crippen MR) is 71.1 cm³/mol. The van der Waals surface area contributed by atoms with E-state index in [1.165, 1.54) is 6.08 Å². The van der Waals surface area contributed by atoms with Gasteiger partial charge in [-0.2, -0.15) is 0 Å². The molecule has 0 atom stereocenters. The molecule has 1 rings (SSSR count). The molecule has 1 N–H and O–H groups in total. The smallest absolute Gasteiger partial charge is 0.339 e. The summed E-state index contributed by atoms with van der Waals surface area (Å²) in [5.41, 5.74) is -0.0952. The summed E-state index contributed by atoms with van der Waals surface area (Å²) in [6.07, 6.45) is 2.04. The maximum Gasteiger partial charge on any atom is 0.339 e. The fourth-order valence-electron chi connectivity index (χ4n) is 1.47. The van der Waals surface area contributed by atoms with Gasteiger partial charge >= 0.3 is 5.97 Å².